The number of rotatable bonds is 7. The van der Waals surface area contributed by atoms with Crippen LogP contribution in [0, 0.1) is 13.8 Å². The summed E-state index contributed by atoms with van der Waals surface area (Å²) in [4.78, 5) is 17.2. The molecule has 1 N–H and O–H groups in total. The van der Waals surface area contributed by atoms with Crippen LogP contribution >= 0.6 is 11.3 Å². The van der Waals surface area contributed by atoms with Crippen molar-refractivity contribution in [2.24, 2.45) is 0 Å². The lowest BCUT2D eigenvalue weighted by molar-refractivity contribution is 0.0953. The SMILES string of the molecule is Cc1nc(-c2ccc(CCNC(=O)c3cc(S(=O)(=O)N(C)C)ccc3C)cc2)cs1. The van der Waals surface area contributed by atoms with Crippen molar-refractivity contribution in [3.63, 3.8) is 0 Å². The second-order valence-corrected chi connectivity index (χ2v) is 10.4. The summed E-state index contributed by atoms with van der Waals surface area (Å²) >= 11 is 1.62. The Bertz CT molecular complexity index is 1150. The van der Waals surface area contributed by atoms with Gasteiger partial charge in [-0.2, -0.15) is 0 Å². The average molecular weight is 444 g/mol. The molecule has 0 aliphatic carbocycles. The fourth-order valence-corrected chi connectivity index (χ4v) is 4.52. The van der Waals surface area contributed by atoms with Crippen molar-refractivity contribution in [2.75, 3.05) is 20.6 Å². The minimum absolute atomic E-state index is 0.108. The summed E-state index contributed by atoms with van der Waals surface area (Å²) in [6, 6.07) is 12.7. The Hall–Kier alpha value is -2.55. The first-order chi connectivity index (χ1) is 14.2. The van der Waals surface area contributed by atoms with Gasteiger partial charge in [0.25, 0.3) is 5.91 Å². The van der Waals surface area contributed by atoms with Gasteiger partial charge in [0.05, 0.1) is 15.6 Å². The predicted molar refractivity (Wildman–Crippen MR) is 120 cm³/mol. The predicted octanol–water partition coefficient (Wildman–Crippen LogP) is 3.65. The summed E-state index contributed by atoms with van der Waals surface area (Å²) in [5.41, 5.74) is 4.24. The maximum absolute atomic E-state index is 12.6. The number of hydrogen-bond donors (Lipinski definition) is 1. The molecule has 0 bridgehead atoms. The average Bonchev–Trinajstić information content (AvgIpc) is 3.14. The smallest absolute Gasteiger partial charge is 0.251 e. The van der Waals surface area contributed by atoms with E-state index in [1.807, 2.05) is 36.6 Å². The Balaban J connectivity index is 1.63. The molecule has 1 heterocycles. The van der Waals surface area contributed by atoms with Gasteiger partial charge in [-0.3, -0.25) is 4.79 Å². The summed E-state index contributed by atoms with van der Waals surface area (Å²) in [5.74, 6) is -0.280. The first-order valence-electron chi connectivity index (χ1n) is 9.51. The van der Waals surface area contributed by atoms with Crippen LogP contribution in [-0.2, 0) is 16.4 Å². The van der Waals surface area contributed by atoms with Gasteiger partial charge in [-0.1, -0.05) is 30.3 Å². The molecule has 0 saturated heterocycles. The van der Waals surface area contributed by atoms with Crippen LogP contribution in [0.2, 0.25) is 0 Å². The monoisotopic (exact) mass is 443 g/mol. The van der Waals surface area contributed by atoms with Crippen molar-refractivity contribution < 1.29 is 13.2 Å². The highest BCUT2D eigenvalue weighted by Gasteiger charge is 2.20. The van der Waals surface area contributed by atoms with Crippen LogP contribution < -0.4 is 5.32 Å². The second-order valence-electron chi connectivity index (χ2n) is 7.22. The number of amides is 1. The molecule has 0 unspecified atom stereocenters. The fourth-order valence-electron chi connectivity index (χ4n) is 2.97. The number of benzene rings is 2. The van der Waals surface area contributed by atoms with Gasteiger partial charge in [-0.15, -0.1) is 11.3 Å². The van der Waals surface area contributed by atoms with Crippen molar-refractivity contribution >= 4 is 27.3 Å². The van der Waals surface area contributed by atoms with Crippen molar-refractivity contribution in [1.82, 2.24) is 14.6 Å². The molecule has 0 aliphatic rings. The summed E-state index contributed by atoms with van der Waals surface area (Å²) in [7, 11) is -0.654. The number of sulfonamides is 1. The van der Waals surface area contributed by atoms with Gasteiger partial charge in [0.1, 0.15) is 0 Å². The van der Waals surface area contributed by atoms with E-state index in [1.54, 1.807) is 24.3 Å². The number of nitrogens with zero attached hydrogens (tertiary/aromatic N) is 2. The van der Waals surface area contributed by atoms with Gasteiger partial charge in [0, 0.05) is 37.1 Å². The molecule has 1 aromatic heterocycles. The Morgan fingerprint density at radius 3 is 2.40 bits per heavy atom. The molecule has 2 aromatic carbocycles. The van der Waals surface area contributed by atoms with Gasteiger partial charge in [0.15, 0.2) is 0 Å². The zero-order valence-corrected chi connectivity index (χ0v) is 19.1. The highest BCUT2D eigenvalue weighted by molar-refractivity contribution is 7.89. The van der Waals surface area contributed by atoms with E-state index in [2.05, 4.69) is 10.3 Å². The molecule has 0 aliphatic heterocycles. The molecule has 0 saturated carbocycles. The van der Waals surface area contributed by atoms with Gasteiger partial charge < -0.3 is 5.32 Å². The van der Waals surface area contributed by atoms with Crippen molar-refractivity contribution in [2.45, 2.75) is 25.2 Å². The van der Waals surface area contributed by atoms with E-state index in [0.29, 0.717) is 18.5 Å². The maximum atomic E-state index is 12.6. The van der Waals surface area contributed by atoms with E-state index in [0.717, 1.165) is 31.7 Å². The van der Waals surface area contributed by atoms with E-state index in [9.17, 15) is 13.2 Å². The first-order valence-corrected chi connectivity index (χ1v) is 11.8. The number of carbonyl (C=O) groups is 1. The third-order valence-electron chi connectivity index (χ3n) is 4.80. The molecule has 30 heavy (non-hydrogen) atoms. The molecule has 1 amide bonds. The van der Waals surface area contributed by atoms with Gasteiger partial charge in [-0.25, -0.2) is 17.7 Å². The van der Waals surface area contributed by atoms with Crippen LogP contribution in [0.3, 0.4) is 0 Å². The molecule has 8 heteroatoms. The molecule has 3 aromatic rings. The van der Waals surface area contributed by atoms with Crippen LogP contribution in [-0.4, -0.2) is 44.3 Å². The van der Waals surface area contributed by atoms with Crippen LogP contribution in [0.15, 0.2) is 52.7 Å². The van der Waals surface area contributed by atoms with Gasteiger partial charge in [-0.05, 0) is 43.5 Å². The van der Waals surface area contributed by atoms with E-state index in [4.69, 9.17) is 0 Å². The summed E-state index contributed by atoms with van der Waals surface area (Å²) < 4.78 is 25.8. The highest BCUT2D eigenvalue weighted by Crippen LogP contribution is 2.22. The third-order valence-corrected chi connectivity index (χ3v) is 7.38. The minimum Gasteiger partial charge on any atom is -0.352 e. The fraction of sp³-hybridized carbons (Fsp3) is 0.273. The molecular formula is C22H25N3O3S2. The third kappa shape index (κ3) is 4.95. The second kappa shape index (κ2) is 9.07. The van der Waals surface area contributed by atoms with Crippen molar-refractivity contribution in [3.8, 4) is 11.3 Å². The van der Waals surface area contributed by atoms with Crippen LogP contribution in [0.1, 0.15) is 26.5 Å². The molecule has 0 radical (unpaired) electrons. The van der Waals surface area contributed by atoms with E-state index in [1.165, 1.54) is 26.2 Å². The Morgan fingerprint density at radius 1 is 1.10 bits per heavy atom. The number of aryl methyl sites for hydroxylation is 2. The molecular weight excluding hydrogens is 418 g/mol. The summed E-state index contributed by atoms with van der Waals surface area (Å²) in [6.07, 6.45) is 0.677. The number of carbonyl (C=O) groups excluding carboxylic acids is 1. The Morgan fingerprint density at radius 2 is 1.80 bits per heavy atom. The van der Waals surface area contributed by atoms with Crippen molar-refractivity contribution in [3.05, 3.63) is 69.5 Å². The molecule has 0 fully saturated rings. The lowest BCUT2D eigenvalue weighted by atomic mass is 10.1. The topological polar surface area (TPSA) is 79.4 Å². The zero-order chi connectivity index (χ0) is 21.9. The summed E-state index contributed by atoms with van der Waals surface area (Å²) in [5, 5.41) is 5.96. The molecule has 0 atom stereocenters. The summed E-state index contributed by atoms with van der Waals surface area (Å²) in [6.45, 7) is 4.23. The molecule has 158 valence electrons. The number of aromatic nitrogens is 1. The van der Waals surface area contributed by atoms with Crippen LogP contribution in [0.25, 0.3) is 11.3 Å². The maximum Gasteiger partial charge on any atom is 0.251 e. The van der Waals surface area contributed by atoms with Crippen molar-refractivity contribution in [1.29, 1.82) is 0 Å². The van der Waals surface area contributed by atoms with Crippen LogP contribution in [0.5, 0.6) is 0 Å². The Kier molecular flexibility index (Phi) is 6.70. The number of hydrogen-bond acceptors (Lipinski definition) is 5. The van der Waals surface area contributed by atoms with Crippen LogP contribution in [0.4, 0.5) is 0 Å². The van der Waals surface area contributed by atoms with E-state index < -0.39 is 10.0 Å². The first kappa shape index (κ1) is 22.1. The molecule has 3 rings (SSSR count). The lowest BCUT2D eigenvalue weighted by Crippen LogP contribution is -2.27. The molecule has 6 nitrogen and oxygen atoms in total. The largest absolute Gasteiger partial charge is 0.352 e. The quantitative estimate of drug-likeness (QED) is 0.605. The minimum atomic E-state index is -3.59. The lowest BCUT2D eigenvalue weighted by Gasteiger charge is -2.14. The van der Waals surface area contributed by atoms with Gasteiger partial charge in [0.2, 0.25) is 10.0 Å². The van der Waals surface area contributed by atoms with E-state index in [-0.39, 0.29) is 10.8 Å². The van der Waals surface area contributed by atoms with Gasteiger partial charge >= 0.3 is 0 Å². The highest BCUT2D eigenvalue weighted by atomic mass is 32.2. The zero-order valence-electron chi connectivity index (χ0n) is 17.5. The standard InChI is InChI=1S/C22H25N3O3S2/c1-15-5-10-19(30(27,28)25(3)4)13-20(15)22(26)23-12-11-17-6-8-18(9-7-17)21-14-29-16(2)24-21/h5-10,13-14H,11-12H2,1-4H3,(H,23,26). The Labute approximate surface area is 181 Å². The van der Waals surface area contributed by atoms with E-state index >= 15 is 0 Å². The number of nitrogens with one attached hydrogen (secondary N) is 1. The normalized spacial score (nSPS) is 11.6. The molecule has 0 spiro atoms. The number of thiazole rings is 1.